The molecule has 1 rings (SSSR count). The van der Waals surface area contributed by atoms with E-state index in [1.807, 2.05) is 6.92 Å². The van der Waals surface area contributed by atoms with E-state index in [9.17, 15) is 4.79 Å². The number of ether oxygens (including phenoxy) is 1. The van der Waals surface area contributed by atoms with Crippen LogP contribution in [-0.2, 0) is 9.53 Å². The van der Waals surface area contributed by atoms with Gasteiger partial charge in [-0.25, -0.2) is 0 Å². The number of nitrogens with two attached hydrogens (primary N) is 1. The summed E-state index contributed by atoms with van der Waals surface area (Å²) in [6.45, 7) is 6.82. The molecule has 0 aromatic rings. The first-order valence-corrected chi connectivity index (χ1v) is 5.73. The maximum atomic E-state index is 11.4. The van der Waals surface area contributed by atoms with Crippen LogP contribution in [0.1, 0.15) is 40.0 Å². The highest BCUT2D eigenvalue weighted by atomic mass is 16.5. The minimum Gasteiger partial charge on any atom is -0.378 e. The van der Waals surface area contributed by atoms with E-state index >= 15 is 0 Å². The average Bonchev–Trinajstić information content (AvgIpc) is 2.13. The standard InChI is InChI=1S/C11H22N2O2/c1-4-8(3)13-11(10(12)14)6-9(7-11)15-5-2/h8-9,13H,4-7H2,1-3H3,(H2,12,14). The van der Waals surface area contributed by atoms with Crippen molar-refractivity contribution in [3.8, 4) is 0 Å². The summed E-state index contributed by atoms with van der Waals surface area (Å²) in [7, 11) is 0. The lowest BCUT2D eigenvalue weighted by atomic mass is 9.73. The topological polar surface area (TPSA) is 64.3 Å². The second kappa shape index (κ2) is 4.94. The molecule has 0 heterocycles. The summed E-state index contributed by atoms with van der Waals surface area (Å²) in [5.74, 6) is -0.251. The molecule has 0 aromatic heterocycles. The number of rotatable bonds is 6. The molecular weight excluding hydrogens is 192 g/mol. The number of amides is 1. The Morgan fingerprint density at radius 3 is 2.60 bits per heavy atom. The van der Waals surface area contributed by atoms with Crippen molar-refractivity contribution in [3.05, 3.63) is 0 Å². The normalized spacial score (nSPS) is 32.1. The van der Waals surface area contributed by atoms with Crippen LogP contribution in [0, 0.1) is 0 Å². The van der Waals surface area contributed by atoms with Crippen molar-refractivity contribution >= 4 is 5.91 Å². The molecule has 0 radical (unpaired) electrons. The van der Waals surface area contributed by atoms with Gasteiger partial charge in [-0.3, -0.25) is 4.79 Å². The summed E-state index contributed by atoms with van der Waals surface area (Å²) < 4.78 is 5.45. The molecule has 1 fully saturated rings. The van der Waals surface area contributed by atoms with Gasteiger partial charge in [0.1, 0.15) is 5.54 Å². The summed E-state index contributed by atoms with van der Waals surface area (Å²) >= 11 is 0. The molecule has 88 valence electrons. The maximum Gasteiger partial charge on any atom is 0.237 e. The van der Waals surface area contributed by atoms with Crippen molar-refractivity contribution in [2.24, 2.45) is 5.73 Å². The Bertz CT molecular complexity index is 225. The Morgan fingerprint density at radius 2 is 2.20 bits per heavy atom. The molecule has 0 bridgehead atoms. The number of carbonyl (C=O) groups is 1. The largest absolute Gasteiger partial charge is 0.378 e. The Balaban J connectivity index is 2.50. The molecule has 1 aliphatic rings. The highest BCUT2D eigenvalue weighted by Gasteiger charge is 2.49. The molecule has 1 amide bonds. The molecule has 4 heteroatoms. The van der Waals surface area contributed by atoms with Gasteiger partial charge in [-0.15, -0.1) is 0 Å². The van der Waals surface area contributed by atoms with Crippen LogP contribution in [0.5, 0.6) is 0 Å². The number of hydrogen-bond donors (Lipinski definition) is 2. The molecule has 3 N–H and O–H groups in total. The van der Waals surface area contributed by atoms with E-state index in [4.69, 9.17) is 10.5 Å². The summed E-state index contributed by atoms with van der Waals surface area (Å²) in [6, 6.07) is 0.320. The molecule has 0 aromatic carbocycles. The molecule has 1 unspecified atom stereocenters. The Hall–Kier alpha value is -0.610. The second-order valence-corrected chi connectivity index (χ2v) is 4.39. The van der Waals surface area contributed by atoms with Crippen molar-refractivity contribution in [2.75, 3.05) is 6.61 Å². The lowest BCUT2D eigenvalue weighted by molar-refractivity contribution is -0.137. The van der Waals surface area contributed by atoms with Gasteiger partial charge in [0.25, 0.3) is 0 Å². The van der Waals surface area contributed by atoms with Gasteiger partial charge in [0, 0.05) is 25.5 Å². The van der Waals surface area contributed by atoms with Gasteiger partial charge in [-0.05, 0) is 20.3 Å². The number of nitrogens with one attached hydrogen (secondary N) is 1. The highest BCUT2D eigenvalue weighted by molar-refractivity contribution is 5.86. The van der Waals surface area contributed by atoms with Crippen LogP contribution in [0.2, 0.25) is 0 Å². The first-order valence-electron chi connectivity index (χ1n) is 5.73. The lowest BCUT2D eigenvalue weighted by Crippen LogP contribution is -2.67. The van der Waals surface area contributed by atoms with E-state index in [-0.39, 0.29) is 12.0 Å². The summed E-state index contributed by atoms with van der Waals surface area (Å²) in [4.78, 5) is 11.4. The van der Waals surface area contributed by atoms with Crippen LogP contribution in [-0.4, -0.2) is 30.2 Å². The third-order valence-electron chi connectivity index (χ3n) is 3.16. The molecule has 4 nitrogen and oxygen atoms in total. The fourth-order valence-electron chi connectivity index (χ4n) is 2.03. The van der Waals surface area contributed by atoms with Gasteiger partial charge in [0.2, 0.25) is 5.91 Å². The monoisotopic (exact) mass is 214 g/mol. The molecule has 1 saturated carbocycles. The van der Waals surface area contributed by atoms with E-state index in [2.05, 4.69) is 19.2 Å². The molecule has 1 aliphatic carbocycles. The Labute approximate surface area is 91.5 Å². The van der Waals surface area contributed by atoms with Crippen LogP contribution in [0.15, 0.2) is 0 Å². The van der Waals surface area contributed by atoms with E-state index < -0.39 is 5.54 Å². The molecule has 0 saturated heterocycles. The predicted molar refractivity (Wildman–Crippen MR) is 59.5 cm³/mol. The van der Waals surface area contributed by atoms with Crippen molar-refractivity contribution < 1.29 is 9.53 Å². The fourth-order valence-corrected chi connectivity index (χ4v) is 2.03. The van der Waals surface area contributed by atoms with Crippen molar-refractivity contribution in [1.82, 2.24) is 5.32 Å². The van der Waals surface area contributed by atoms with Gasteiger partial charge in [-0.1, -0.05) is 6.92 Å². The summed E-state index contributed by atoms with van der Waals surface area (Å²) in [6.07, 6.45) is 2.61. The maximum absolute atomic E-state index is 11.4. The highest BCUT2D eigenvalue weighted by Crippen LogP contribution is 2.35. The average molecular weight is 214 g/mol. The van der Waals surface area contributed by atoms with Gasteiger partial charge < -0.3 is 15.8 Å². The predicted octanol–water partition coefficient (Wildman–Crippen LogP) is 0.797. The van der Waals surface area contributed by atoms with Gasteiger partial charge in [-0.2, -0.15) is 0 Å². The van der Waals surface area contributed by atoms with E-state index in [1.54, 1.807) is 0 Å². The van der Waals surface area contributed by atoms with Gasteiger partial charge >= 0.3 is 0 Å². The van der Waals surface area contributed by atoms with E-state index in [0.717, 1.165) is 6.42 Å². The number of carbonyl (C=O) groups excluding carboxylic acids is 1. The first kappa shape index (κ1) is 12.5. The summed E-state index contributed by atoms with van der Waals surface area (Å²) in [5.41, 5.74) is 4.92. The quantitative estimate of drug-likeness (QED) is 0.687. The molecule has 0 aliphatic heterocycles. The molecule has 15 heavy (non-hydrogen) atoms. The van der Waals surface area contributed by atoms with Gasteiger partial charge in [0.15, 0.2) is 0 Å². The fraction of sp³-hybridized carbons (Fsp3) is 0.909. The van der Waals surface area contributed by atoms with Crippen LogP contribution < -0.4 is 11.1 Å². The Morgan fingerprint density at radius 1 is 1.60 bits per heavy atom. The molecule has 1 atom stereocenters. The minimum atomic E-state index is -0.519. The Kier molecular flexibility index (Phi) is 4.11. The van der Waals surface area contributed by atoms with Gasteiger partial charge in [0.05, 0.1) is 6.10 Å². The van der Waals surface area contributed by atoms with Crippen LogP contribution in [0.4, 0.5) is 0 Å². The lowest BCUT2D eigenvalue weighted by Gasteiger charge is -2.46. The number of primary amides is 1. The van der Waals surface area contributed by atoms with Crippen molar-refractivity contribution in [1.29, 1.82) is 0 Å². The SMILES string of the molecule is CCOC1CC(NC(C)CC)(C(N)=O)C1. The smallest absolute Gasteiger partial charge is 0.237 e. The van der Waals surface area contributed by atoms with Crippen molar-refractivity contribution in [3.63, 3.8) is 0 Å². The molecular formula is C11H22N2O2. The zero-order valence-corrected chi connectivity index (χ0v) is 9.88. The van der Waals surface area contributed by atoms with Crippen molar-refractivity contribution in [2.45, 2.75) is 57.7 Å². The third kappa shape index (κ3) is 2.69. The minimum absolute atomic E-state index is 0.194. The summed E-state index contributed by atoms with van der Waals surface area (Å²) in [5, 5.41) is 3.31. The number of hydrogen-bond acceptors (Lipinski definition) is 3. The van der Waals surface area contributed by atoms with E-state index in [1.165, 1.54) is 0 Å². The third-order valence-corrected chi connectivity index (χ3v) is 3.16. The molecule has 0 spiro atoms. The van der Waals surface area contributed by atoms with Crippen LogP contribution in [0.3, 0.4) is 0 Å². The first-order chi connectivity index (χ1) is 7.04. The second-order valence-electron chi connectivity index (χ2n) is 4.39. The zero-order valence-electron chi connectivity index (χ0n) is 9.88. The van der Waals surface area contributed by atoms with Crippen LogP contribution >= 0.6 is 0 Å². The zero-order chi connectivity index (χ0) is 11.5. The van der Waals surface area contributed by atoms with Crippen LogP contribution in [0.25, 0.3) is 0 Å². The van der Waals surface area contributed by atoms with E-state index in [0.29, 0.717) is 25.5 Å².